The Morgan fingerprint density at radius 1 is 0.900 bits per heavy atom. The zero-order valence-corrected chi connectivity index (χ0v) is 28.7. The number of cyclic esters (lactones) is 1. The zero-order valence-electron chi connectivity index (χ0n) is 27.9. The zero-order chi connectivity index (χ0) is 35.1. The average Bonchev–Trinajstić information content (AvgIpc) is 3.53. The smallest absolute Gasteiger partial charge is 0.417 e. The number of hydrogen-bond acceptors (Lipinski definition) is 9. The van der Waals surface area contributed by atoms with Gasteiger partial charge in [0.2, 0.25) is 11.7 Å². The number of carboxylic acids is 1. The van der Waals surface area contributed by atoms with Crippen LogP contribution in [0.5, 0.6) is 5.75 Å². The van der Waals surface area contributed by atoms with Gasteiger partial charge in [0.15, 0.2) is 6.61 Å². The Balaban J connectivity index is 1.41. The average molecular weight is 697 g/mol. The minimum atomic E-state index is -1.16. The molecule has 4 aromatic rings. The van der Waals surface area contributed by atoms with Gasteiger partial charge in [0, 0.05) is 16.7 Å². The summed E-state index contributed by atoms with van der Waals surface area (Å²) >= 11 is 1.34. The number of ether oxygens (including phenoxy) is 4. The second-order valence-corrected chi connectivity index (χ2v) is 14.2. The summed E-state index contributed by atoms with van der Waals surface area (Å²) in [7, 11) is 0. The number of thioether (sulfide) groups is 1. The monoisotopic (exact) mass is 696 g/mol. The lowest BCUT2D eigenvalue weighted by Crippen LogP contribution is -2.49. The van der Waals surface area contributed by atoms with Crippen molar-refractivity contribution in [1.82, 2.24) is 4.90 Å². The van der Waals surface area contributed by atoms with Crippen LogP contribution in [0.3, 0.4) is 0 Å². The quantitative estimate of drug-likeness (QED) is 0.150. The molecule has 3 atom stereocenters. The molecule has 2 fully saturated rings. The standard InChI is InChI=1S/C39H40N2O8S/c1-38(2)24-48-39(49-25-38,29-14-8-4-9-15-29)26-50-35(36(44)41-32(22-47-37(41)45)27-12-6-3-7-13-27)34(40-30-16-10-5-11-17-30)28-18-20-31(21-19-28)46-23-33(42)43/h3-21,32,34-35,40H,22-26H2,1-2H3,(H,42,43)/t32-,34+,35-/m1/s1. The van der Waals surface area contributed by atoms with E-state index in [1.54, 1.807) is 24.3 Å². The van der Waals surface area contributed by atoms with Gasteiger partial charge < -0.3 is 29.4 Å². The molecule has 10 nitrogen and oxygen atoms in total. The number of benzene rings is 4. The van der Waals surface area contributed by atoms with Crippen LogP contribution in [-0.4, -0.2) is 65.4 Å². The van der Waals surface area contributed by atoms with Crippen molar-refractivity contribution in [3.05, 3.63) is 132 Å². The summed E-state index contributed by atoms with van der Waals surface area (Å²) in [6.07, 6.45) is -0.713. The van der Waals surface area contributed by atoms with Crippen LogP contribution in [0.2, 0.25) is 0 Å². The van der Waals surface area contributed by atoms with Crippen LogP contribution >= 0.6 is 11.8 Å². The Morgan fingerprint density at radius 2 is 1.50 bits per heavy atom. The van der Waals surface area contributed by atoms with Gasteiger partial charge in [0.05, 0.1) is 25.0 Å². The molecule has 2 heterocycles. The summed E-state index contributed by atoms with van der Waals surface area (Å²) in [5.41, 5.74) is 2.87. The van der Waals surface area contributed by atoms with Crippen LogP contribution < -0.4 is 10.1 Å². The summed E-state index contributed by atoms with van der Waals surface area (Å²) in [4.78, 5) is 40.7. The van der Waals surface area contributed by atoms with E-state index in [4.69, 9.17) is 24.1 Å². The predicted molar refractivity (Wildman–Crippen MR) is 190 cm³/mol. The van der Waals surface area contributed by atoms with Crippen LogP contribution in [0.25, 0.3) is 0 Å². The molecule has 50 heavy (non-hydrogen) atoms. The summed E-state index contributed by atoms with van der Waals surface area (Å²) in [6, 6.07) is 34.2. The molecule has 0 aliphatic carbocycles. The number of imide groups is 1. The minimum Gasteiger partial charge on any atom is -0.482 e. The van der Waals surface area contributed by atoms with Crippen molar-refractivity contribution >= 4 is 35.4 Å². The van der Waals surface area contributed by atoms with Crippen LogP contribution in [0.15, 0.2) is 115 Å². The van der Waals surface area contributed by atoms with Gasteiger partial charge in [0.25, 0.3) is 0 Å². The fourth-order valence-corrected chi connectivity index (χ4v) is 7.34. The number of carboxylic acid groups (broad SMARTS) is 1. The molecular weight excluding hydrogens is 657 g/mol. The Kier molecular flexibility index (Phi) is 10.8. The number of carbonyl (C=O) groups is 3. The highest BCUT2D eigenvalue weighted by molar-refractivity contribution is 8.00. The number of nitrogens with zero attached hydrogens (tertiary/aromatic N) is 1. The summed E-state index contributed by atoms with van der Waals surface area (Å²) < 4.78 is 24.0. The SMILES string of the molecule is CC1(C)COC(CS[C@@H](C(=O)N2C(=O)OC[C@@H]2c2ccccc2)[C@@H](Nc2ccccc2)c2ccc(OCC(=O)O)cc2)(c2ccccc2)OC1. The first-order chi connectivity index (χ1) is 24.1. The third-order valence-corrected chi connectivity index (χ3v) is 9.98. The molecule has 11 heteroatoms. The van der Waals surface area contributed by atoms with E-state index in [9.17, 15) is 14.4 Å². The number of para-hydroxylation sites is 1. The molecule has 0 spiro atoms. The van der Waals surface area contributed by atoms with Gasteiger partial charge in [-0.25, -0.2) is 14.5 Å². The summed E-state index contributed by atoms with van der Waals surface area (Å²) in [5, 5.41) is 11.8. The van der Waals surface area contributed by atoms with Crippen LogP contribution in [0.4, 0.5) is 10.5 Å². The lowest BCUT2D eigenvalue weighted by molar-refractivity contribution is -0.295. The normalized spacial score (nSPS) is 19.2. The number of aliphatic carboxylic acids is 1. The van der Waals surface area contributed by atoms with Crippen molar-refractivity contribution < 1.29 is 38.4 Å². The number of hydrogen-bond donors (Lipinski definition) is 2. The fraction of sp³-hybridized carbons (Fsp3) is 0.308. The maximum Gasteiger partial charge on any atom is 0.417 e. The molecule has 0 aromatic heterocycles. The molecule has 4 aromatic carbocycles. The van der Waals surface area contributed by atoms with Gasteiger partial charge in [0.1, 0.15) is 23.6 Å². The molecule has 2 saturated heterocycles. The van der Waals surface area contributed by atoms with E-state index in [0.717, 1.165) is 16.8 Å². The second-order valence-electron chi connectivity index (χ2n) is 13.0. The highest BCUT2D eigenvalue weighted by Gasteiger charge is 2.48. The van der Waals surface area contributed by atoms with Gasteiger partial charge in [-0.05, 0) is 35.4 Å². The van der Waals surface area contributed by atoms with Crippen molar-refractivity contribution in [3.8, 4) is 5.75 Å². The van der Waals surface area contributed by atoms with E-state index in [1.165, 1.54) is 16.7 Å². The van der Waals surface area contributed by atoms with E-state index in [-0.39, 0.29) is 17.8 Å². The number of rotatable bonds is 13. The predicted octanol–water partition coefficient (Wildman–Crippen LogP) is 7.05. The first-order valence-corrected chi connectivity index (χ1v) is 17.4. The molecule has 2 N–H and O–H groups in total. The topological polar surface area (TPSA) is 124 Å². The molecule has 2 amide bonds. The number of carbonyl (C=O) groups excluding carboxylic acids is 2. The van der Waals surface area contributed by atoms with Gasteiger partial charge in [-0.2, -0.15) is 0 Å². The lowest BCUT2D eigenvalue weighted by Gasteiger charge is -2.44. The Morgan fingerprint density at radius 3 is 2.12 bits per heavy atom. The molecule has 2 aliphatic rings. The van der Waals surface area contributed by atoms with Gasteiger partial charge in [-0.15, -0.1) is 11.8 Å². The van der Waals surface area contributed by atoms with E-state index >= 15 is 0 Å². The maximum atomic E-state index is 15.0. The highest BCUT2D eigenvalue weighted by Crippen LogP contribution is 2.43. The van der Waals surface area contributed by atoms with Crippen molar-refractivity contribution in [2.75, 3.05) is 37.5 Å². The van der Waals surface area contributed by atoms with E-state index in [1.807, 2.05) is 91.0 Å². The maximum absolute atomic E-state index is 15.0. The molecule has 6 rings (SSSR count). The van der Waals surface area contributed by atoms with E-state index < -0.39 is 47.7 Å². The van der Waals surface area contributed by atoms with Crippen molar-refractivity contribution in [2.24, 2.45) is 5.41 Å². The third-order valence-electron chi connectivity index (χ3n) is 8.60. The molecule has 0 saturated carbocycles. The molecule has 0 radical (unpaired) electrons. The van der Waals surface area contributed by atoms with E-state index in [0.29, 0.717) is 24.5 Å². The number of nitrogens with one attached hydrogen (secondary N) is 1. The summed E-state index contributed by atoms with van der Waals surface area (Å²) in [6.45, 7) is 4.59. The largest absolute Gasteiger partial charge is 0.482 e. The van der Waals surface area contributed by atoms with Crippen molar-refractivity contribution in [1.29, 1.82) is 0 Å². The highest BCUT2D eigenvalue weighted by atomic mass is 32.2. The van der Waals surface area contributed by atoms with Crippen LogP contribution in [0, 0.1) is 5.41 Å². The first kappa shape index (κ1) is 35.0. The Bertz CT molecular complexity index is 1750. The van der Waals surface area contributed by atoms with Crippen LogP contribution in [-0.2, 0) is 29.6 Å². The Labute approximate surface area is 295 Å². The second kappa shape index (κ2) is 15.4. The fourth-order valence-electron chi connectivity index (χ4n) is 5.93. The molecule has 0 bridgehead atoms. The minimum absolute atomic E-state index is 0.0353. The first-order valence-electron chi connectivity index (χ1n) is 16.4. The molecule has 2 aliphatic heterocycles. The Hall–Kier alpha value is -4.84. The number of anilines is 1. The van der Waals surface area contributed by atoms with E-state index in [2.05, 4.69) is 19.2 Å². The molecule has 0 unspecified atom stereocenters. The van der Waals surface area contributed by atoms with Gasteiger partial charge in [-0.3, -0.25) is 4.79 Å². The lowest BCUT2D eigenvalue weighted by atomic mass is 9.93. The van der Waals surface area contributed by atoms with Gasteiger partial charge >= 0.3 is 12.1 Å². The van der Waals surface area contributed by atoms with Gasteiger partial charge in [-0.1, -0.05) is 105 Å². The van der Waals surface area contributed by atoms with Crippen LogP contribution in [0.1, 0.15) is 42.6 Å². The number of amides is 2. The molecular formula is C39H40N2O8S. The third kappa shape index (κ3) is 8.13. The molecule has 260 valence electrons. The van der Waals surface area contributed by atoms with Crippen molar-refractivity contribution in [2.45, 2.75) is 37.0 Å². The van der Waals surface area contributed by atoms with Crippen molar-refractivity contribution in [3.63, 3.8) is 0 Å². The summed E-state index contributed by atoms with van der Waals surface area (Å²) in [5.74, 6) is -2.09.